The molecule has 0 fully saturated rings. The Morgan fingerprint density at radius 1 is 1.47 bits per heavy atom. The first-order chi connectivity index (χ1) is 8.75. The third-order valence-electron chi connectivity index (χ3n) is 3.11. The van der Waals surface area contributed by atoms with Crippen molar-refractivity contribution < 1.29 is 4.79 Å². The minimum Gasteiger partial charge on any atom is -0.349 e. The lowest BCUT2D eigenvalue weighted by molar-refractivity contribution is 0.0900. The lowest BCUT2D eigenvalue weighted by Crippen LogP contribution is -2.44. The highest BCUT2D eigenvalue weighted by Gasteiger charge is 2.26. The van der Waals surface area contributed by atoms with E-state index in [1.807, 2.05) is 0 Å². The Labute approximate surface area is 122 Å². The molecular formula is C14H21BrN2O2. The van der Waals surface area contributed by atoms with Gasteiger partial charge in [-0.2, -0.15) is 0 Å². The number of aryl methyl sites for hydroxylation is 1. The molecule has 0 aliphatic heterocycles. The predicted octanol–water partition coefficient (Wildman–Crippen LogP) is 2.31. The summed E-state index contributed by atoms with van der Waals surface area (Å²) in [5, 5.41) is 3.83. The van der Waals surface area contributed by atoms with Gasteiger partial charge in [0.25, 0.3) is 11.5 Å². The van der Waals surface area contributed by atoms with E-state index < -0.39 is 0 Å². The summed E-state index contributed by atoms with van der Waals surface area (Å²) in [6.45, 7) is 6.26. The second-order valence-electron chi connectivity index (χ2n) is 5.73. The zero-order chi connectivity index (χ0) is 14.6. The molecule has 0 saturated heterocycles. The number of nitrogens with one attached hydrogen (secondary N) is 1. The summed E-state index contributed by atoms with van der Waals surface area (Å²) in [6.07, 6.45) is 2.45. The maximum Gasteiger partial charge on any atom is 0.251 e. The second kappa shape index (κ2) is 6.37. The van der Waals surface area contributed by atoms with E-state index in [-0.39, 0.29) is 22.9 Å². The van der Waals surface area contributed by atoms with Crippen LogP contribution in [-0.2, 0) is 7.05 Å². The number of halogens is 1. The summed E-state index contributed by atoms with van der Waals surface area (Å²) in [4.78, 5) is 23.7. The molecule has 4 nitrogen and oxygen atoms in total. The molecule has 1 unspecified atom stereocenters. The van der Waals surface area contributed by atoms with E-state index in [0.29, 0.717) is 5.56 Å². The average Bonchev–Trinajstić information content (AvgIpc) is 2.30. The predicted molar refractivity (Wildman–Crippen MR) is 80.8 cm³/mol. The van der Waals surface area contributed by atoms with Crippen molar-refractivity contribution in [2.24, 2.45) is 12.5 Å². The Morgan fingerprint density at radius 3 is 2.58 bits per heavy atom. The van der Waals surface area contributed by atoms with Crippen LogP contribution >= 0.6 is 15.9 Å². The van der Waals surface area contributed by atoms with Crippen molar-refractivity contribution in [1.29, 1.82) is 0 Å². The molecule has 0 radical (unpaired) electrons. The van der Waals surface area contributed by atoms with Crippen molar-refractivity contribution >= 4 is 21.8 Å². The number of nitrogens with zero attached hydrogens (tertiary/aromatic N) is 1. The number of hydrogen-bond donors (Lipinski definition) is 1. The number of amides is 1. The van der Waals surface area contributed by atoms with Crippen molar-refractivity contribution in [3.05, 3.63) is 34.2 Å². The van der Waals surface area contributed by atoms with Crippen LogP contribution in [0.25, 0.3) is 0 Å². The van der Waals surface area contributed by atoms with Gasteiger partial charge in [-0.15, -0.1) is 0 Å². The first-order valence-electron chi connectivity index (χ1n) is 6.29. The molecule has 0 aromatic carbocycles. The summed E-state index contributed by atoms with van der Waals surface area (Å²) < 4.78 is 1.44. The number of aromatic nitrogens is 1. The van der Waals surface area contributed by atoms with Crippen LogP contribution in [0.2, 0.25) is 0 Å². The van der Waals surface area contributed by atoms with E-state index in [2.05, 4.69) is 42.0 Å². The molecule has 0 saturated carbocycles. The van der Waals surface area contributed by atoms with Crippen molar-refractivity contribution in [2.45, 2.75) is 33.2 Å². The third kappa shape index (κ3) is 4.49. The molecular weight excluding hydrogens is 308 g/mol. The molecule has 1 N–H and O–H groups in total. The van der Waals surface area contributed by atoms with Gasteiger partial charge in [-0.3, -0.25) is 9.59 Å². The van der Waals surface area contributed by atoms with Crippen LogP contribution in [0.1, 0.15) is 37.6 Å². The molecule has 1 atom stereocenters. The maximum absolute atomic E-state index is 12.2. The van der Waals surface area contributed by atoms with E-state index >= 15 is 0 Å². The SMILES string of the molecule is Cn1ccc(C(=O)NC(CCBr)C(C)(C)C)cc1=O. The third-order valence-corrected chi connectivity index (χ3v) is 3.57. The lowest BCUT2D eigenvalue weighted by Gasteiger charge is -2.31. The Balaban J connectivity index is 2.88. The minimum absolute atomic E-state index is 0.0246. The quantitative estimate of drug-likeness (QED) is 0.862. The summed E-state index contributed by atoms with van der Waals surface area (Å²) in [5.74, 6) is -0.196. The highest BCUT2D eigenvalue weighted by molar-refractivity contribution is 9.09. The molecule has 1 heterocycles. The van der Waals surface area contributed by atoms with Crippen LogP contribution in [-0.4, -0.2) is 21.8 Å². The van der Waals surface area contributed by atoms with Gasteiger partial charge in [-0.1, -0.05) is 36.7 Å². The van der Waals surface area contributed by atoms with Gasteiger partial charge in [0.1, 0.15) is 0 Å². The number of carbonyl (C=O) groups excluding carboxylic acids is 1. The fourth-order valence-corrected chi connectivity index (χ4v) is 2.22. The molecule has 0 bridgehead atoms. The van der Waals surface area contributed by atoms with Crippen LogP contribution in [0.4, 0.5) is 0 Å². The van der Waals surface area contributed by atoms with Gasteiger partial charge in [-0.25, -0.2) is 0 Å². The van der Waals surface area contributed by atoms with E-state index in [0.717, 1.165) is 11.8 Å². The fraction of sp³-hybridized carbons (Fsp3) is 0.571. The number of carbonyl (C=O) groups is 1. The standard InChI is InChI=1S/C14H21BrN2O2/c1-14(2,3)11(5-7-15)16-13(19)10-6-8-17(4)12(18)9-10/h6,8-9,11H,5,7H2,1-4H3,(H,16,19). The highest BCUT2D eigenvalue weighted by atomic mass is 79.9. The average molecular weight is 329 g/mol. The summed E-state index contributed by atoms with van der Waals surface area (Å²) >= 11 is 3.41. The molecule has 106 valence electrons. The summed E-state index contributed by atoms with van der Waals surface area (Å²) in [5.41, 5.74) is 0.204. The van der Waals surface area contributed by atoms with Gasteiger partial charge in [0.15, 0.2) is 0 Å². The maximum atomic E-state index is 12.2. The fourth-order valence-electron chi connectivity index (χ4n) is 1.76. The lowest BCUT2D eigenvalue weighted by atomic mass is 9.85. The molecule has 0 aliphatic rings. The van der Waals surface area contributed by atoms with Gasteiger partial charge in [0.05, 0.1) is 0 Å². The van der Waals surface area contributed by atoms with E-state index in [1.54, 1.807) is 19.3 Å². The smallest absolute Gasteiger partial charge is 0.251 e. The van der Waals surface area contributed by atoms with Crippen molar-refractivity contribution in [3.8, 4) is 0 Å². The van der Waals surface area contributed by atoms with Crippen LogP contribution in [0.5, 0.6) is 0 Å². The highest BCUT2D eigenvalue weighted by Crippen LogP contribution is 2.22. The largest absolute Gasteiger partial charge is 0.349 e. The van der Waals surface area contributed by atoms with Crippen LogP contribution in [0.3, 0.4) is 0 Å². The molecule has 19 heavy (non-hydrogen) atoms. The molecule has 0 spiro atoms. The Hall–Kier alpha value is -1.10. The number of hydrogen-bond acceptors (Lipinski definition) is 2. The van der Waals surface area contributed by atoms with Gasteiger partial charge < -0.3 is 9.88 Å². The summed E-state index contributed by atoms with van der Waals surface area (Å²) in [7, 11) is 1.66. The van der Waals surface area contributed by atoms with E-state index in [9.17, 15) is 9.59 Å². The molecule has 5 heteroatoms. The molecule has 1 rings (SSSR count). The van der Waals surface area contributed by atoms with Gasteiger partial charge in [0.2, 0.25) is 0 Å². The van der Waals surface area contributed by atoms with Gasteiger partial charge in [-0.05, 0) is 17.9 Å². The normalized spacial score (nSPS) is 13.1. The van der Waals surface area contributed by atoms with Gasteiger partial charge in [0, 0.05) is 36.2 Å². The monoisotopic (exact) mass is 328 g/mol. The van der Waals surface area contributed by atoms with Crippen LogP contribution in [0, 0.1) is 5.41 Å². The van der Waals surface area contributed by atoms with E-state index in [4.69, 9.17) is 0 Å². The van der Waals surface area contributed by atoms with Crippen molar-refractivity contribution in [2.75, 3.05) is 5.33 Å². The first-order valence-corrected chi connectivity index (χ1v) is 7.41. The topological polar surface area (TPSA) is 51.1 Å². The molecule has 1 aromatic rings. The number of rotatable bonds is 4. The molecule has 1 aromatic heterocycles. The Bertz CT molecular complexity index is 503. The zero-order valence-corrected chi connectivity index (χ0v) is 13.5. The van der Waals surface area contributed by atoms with Gasteiger partial charge >= 0.3 is 0 Å². The van der Waals surface area contributed by atoms with Crippen molar-refractivity contribution in [1.82, 2.24) is 9.88 Å². The van der Waals surface area contributed by atoms with Crippen LogP contribution < -0.4 is 10.9 Å². The number of pyridine rings is 1. The number of alkyl halides is 1. The Kier molecular flexibility index (Phi) is 5.35. The summed E-state index contributed by atoms with van der Waals surface area (Å²) in [6, 6.07) is 3.08. The van der Waals surface area contributed by atoms with E-state index in [1.165, 1.54) is 10.6 Å². The second-order valence-corrected chi connectivity index (χ2v) is 6.53. The van der Waals surface area contributed by atoms with Crippen molar-refractivity contribution in [3.63, 3.8) is 0 Å². The Morgan fingerprint density at radius 2 is 2.11 bits per heavy atom. The van der Waals surface area contributed by atoms with Crippen LogP contribution in [0.15, 0.2) is 23.1 Å². The minimum atomic E-state index is -0.196. The molecule has 1 amide bonds. The first kappa shape index (κ1) is 16.0. The zero-order valence-electron chi connectivity index (χ0n) is 11.9. The molecule has 0 aliphatic carbocycles.